The highest BCUT2D eigenvalue weighted by molar-refractivity contribution is 7.89. The van der Waals surface area contributed by atoms with Crippen LogP contribution in [-0.4, -0.2) is 58.8 Å². The first kappa shape index (κ1) is 23.7. The van der Waals surface area contributed by atoms with Crippen molar-refractivity contribution in [1.82, 2.24) is 13.9 Å². The van der Waals surface area contributed by atoms with E-state index in [1.54, 1.807) is 0 Å². The van der Waals surface area contributed by atoms with E-state index in [0.717, 1.165) is 44.3 Å². The van der Waals surface area contributed by atoms with E-state index in [1.807, 2.05) is 24.3 Å². The van der Waals surface area contributed by atoms with Gasteiger partial charge >= 0.3 is 0 Å². The molecule has 0 spiro atoms. The first-order valence-electron chi connectivity index (χ1n) is 10.9. The minimum absolute atomic E-state index is 0.0391. The number of likely N-dealkylation sites (tertiary alicyclic amines) is 1. The van der Waals surface area contributed by atoms with Crippen LogP contribution in [0, 0.1) is 0 Å². The number of nitrogens with zero attached hydrogens (tertiary/aromatic N) is 2. The Balaban J connectivity index is 1.51. The van der Waals surface area contributed by atoms with Crippen LogP contribution in [0.2, 0.25) is 5.02 Å². The molecule has 0 radical (unpaired) electrons. The van der Waals surface area contributed by atoms with Crippen molar-refractivity contribution in [3.05, 3.63) is 59.1 Å². The van der Waals surface area contributed by atoms with Crippen LogP contribution in [0.4, 0.5) is 0 Å². The highest BCUT2D eigenvalue weighted by Gasteiger charge is 2.29. The molecule has 1 N–H and O–H groups in total. The topological polar surface area (TPSA) is 86.8 Å². The lowest BCUT2D eigenvalue weighted by atomic mass is 10.1. The molecule has 2 aliphatic rings. The molecule has 2 aromatic carbocycles. The summed E-state index contributed by atoms with van der Waals surface area (Å²) in [6.07, 6.45) is 3.83. The van der Waals surface area contributed by atoms with E-state index in [1.165, 1.54) is 28.6 Å². The lowest BCUT2D eigenvalue weighted by Crippen LogP contribution is -2.37. The highest BCUT2D eigenvalue weighted by atomic mass is 35.5. The number of hydrogen-bond donors (Lipinski definition) is 1. The molecule has 0 amide bonds. The van der Waals surface area contributed by atoms with Crippen molar-refractivity contribution in [1.29, 1.82) is 0 Å². The maximum Gasteiger partial charge on any atom is 0.243 e. The fraction of sp³-hybridized carbons (Fsp3) is 0.455. The van der Waals surface area contributed by atoms with Crippen LogP contribution in [0.5, 0.6) is 0 Å². The molecule has 0 saturated carbocycles. The molecule has 10 heteroatoms. The summed E-state index contributed by atoms with van der Waals surface area (Å²) in [6, 6.07) is 12.8. The summed E-state index contributed by atoms with van der Waals surface area (Å²) in [5, 5.41) is 0.611. The SMILES string of the molecule is O=S(=O)(NC[C@H](c1ccccc1Cl)N1CCCC1)c1ccc(S(=O)(=O)N2CCCC2)cc1. The van der Waals surface area contributed by atoms with E-state index in [9.17, 15) is 16.8 Å². The van der Waals surface area contributed by atoms with Gasteiger partial charge < -0.3 is 0 Å². The Hall–Kier alpha value is -1.49. The van der Waals surface area contributed by atoms with Gasteiger partial charge in [-0.05, 0) is 74.7 Å². The standard InChI is InChI=1S/C22H28ClN3O4S2/c23-21-8-2-1-7-20(21)22(25-13-3-4-14-25)17-24-31(27,28)18-9-11-19(12-10-18)32(29,30)26-15-5-6-16-26/h1-2,7-12,22,24H,3-6,13-17H2/t22-/m1/s1. The van der Waals surface area contributed by atoms with Crippen molar-refractivity contribution >= 4 is 31.6 Å². The number of rotatable bonds is 8. The second-order valence-corrected chi connectivity index (χ2v) is 12.3. The van der Waals surface area contributed by atoms with Gasteiger partial charge in [0.2, 0.25) is 20.0 Å². The van der Waals surface area contributed by atoms with Crippen molar-refractivity contribution in [2.45, 2.75) is 41.5 Å². The monoisotopic (exact) mass is 497 g/mol. The molecule has 2 saturated heterocycles. The van der Waals surface area contributed by atoms with Gasteiger partial charge in [0.1, 0.15) is 0 Å². The van der Waals surface area contributed by atoms with Gasteiger partial charge in [0.05, 0.1) is 9.79 Å². The molecule has 0 unspecified atom stereocenters. The number of sulfonamides is 2. The summed E-state index contributed by atoms with van der Waals surface area (Å²) in [7, 11) is -7.40. The fourth-order valence-corrected chi connectivity index (χ4v) is 7.19. The Bertz CT molecular complexity index is 1140. The summed E-state index contributed by atoms with van der Waals surface area (Å²) in [6.45, 7) is 2.97. The van der Waals surface area contributed by atoms with Gasteiger partial charge in [-0.2, -0.15) is 4.31 Å². The normalized spacial score (nSPS) is 19.4. The van der Waals surface area contributed by atoms with Gasteiger partial charge in [-0.15, -0.1) is 0 Å². The van der Waals surface area contributed by atoms with E-state index in [4.69, 9.17) is 11.6 Å². The predicted octanol–water partition coefficient (Wildman–Crippen LogP) is 3.24. The maximum absolute atomic E-state index is 13.0. The molecular weight excluding hydrogens is 470 g/mol. The first-order valence-corrected chi connectivity index (χ1v) is 14.2. The molecule has 2 heterocycles. The van der Waals surface area contributed by atoms with Crippen molar-refractivity contribution in [3.8, 4) is 0 Å². The third-order valence-electron chi connectivity index (χ3n) is 6.15. The van der Waals surface area contributed by atoms with Crippen LogP contribution >= 0.6 is 11.6 Å². The Kier molecular flexibility index (Phi) is 7.24. The Morgan fingerprint density at radius 2 is 1.38 bits per heavy atom. The van der Waals surface area contributed by atoms with Gasteiger partial charge in [0.15, 0.2) is 0 Å². The lowest BCUT2D eigenvalue weighted by Gasteiger charge is -2.29. The average molecular weight is 498 g/mol. The zero-order valence-electron chi connectivity index (χ0n) is 17.8. The summed E-state index contributed by atoms with van der Waals surface area (Å²) >= 11 is 6.41. The summed E-state index contributed by atoms with van der Waals surface area (Å²) < 4.78 is 55.4. The molecule has 174 valence electrons. The van der Waals surface area contributed by atoms with Crippen molar-refractivity contribution in [2.24, 2.45) is 0 Å². The minimum Gasteiger partial charge on any atom is -0.295 e. The van der Waals surface area contributed by atoms with Crippen LogP contribution < -0.4 is 4.72 Å². The average Bonchev–Trinajstić information content (AvgIpc) is 3.50. The van der Waals surface area contributed by atoms with Crippen LogP contribution in [0.15, 0.2) is 58.3 Å². The van der Waals surface area contributed by atoms with E-state index >= 15 is 0 Å². The molecule has 2 fully saturated rings. The Morgan fingerprint density at radius 3 is 2.00 bits per heavy atom. The van der Waals surface area contributed by atoms with Gasteiger partial charge in [-0.3, -0.25) is 4.90 Å². The van der Waals surface area contributed by atoms with E-state index in [2.05, 4.69) is 9.62 Å². The maximum atomic E-state index is 13.0. The number of nitrogens with one attached hydrogen (secondary N) is 1. The van der Waals surface area contributed by atoms with E-state index < -0.39 is 20.0 Å². The molecule has 2 aromatic rings. The number of halogens is 1. The summed E-state index contributed by atoms with van der Waals surface area (Å²) in [5.41, 5.74) is 0.894. The van der Waals surface area contributed by atoms with Gasteiger partial charge in [-0.1, -0.05) is 29.8 Å². The molecule has 0 bridgehead atoms. The van der Waals surface area contributed by atoms with Crippen LogP contribution in [0.1, 0.15) is 37.3 Å². The second kappa shape index (κ2) is 9.79. The van der Waals surface area contributed by atoms with Crippen LogP contribution in [0.3, 0.4) is 0 Å². The Labute approximate surface area is 195 Å². The number of benzene rings is 2. The van der Waals surface area contributed by atoms with Gasteiger partial charge in [0, 0.05) is 30.7 Å². The molecule has 4 rings (SSSR count). The third kappa shape index (κ3) is 5.03. The predicted molar refractivity (Wildman–Crippen MR) is 125 cm³/mol. The molecule has 1 atom stereocenters. The first-order chi connectivity index (χ1) is 15.3. The fourth-order valence-electron chi connectivity index (χ4n) is 4.37. The third-order valence-corrected chi connectivity index (χ3v) is 9.85. The second-order valence-electron chi connectivity index (χ2n) is 8.21. The number of hydrogen-bond acceptors (Lipinski definition) is 5. The van der Waals surface area contributed by atoms with Crippen molar-refractivity contribution in [3.63, 3.8) is 0 Å². The van der Waals surface area contributed by atoms with Crippen molar-refractivity contribution < 1.29 is 16.8 Å². The van der Waals surface area contributed by atoms with Gasteiger partial charge in [0.25, 0.3) is 0 Å². The smallest absolute Gasteiger partial charge is 0.243 e. The Morgan fingerprint density at radius 1 is 0.812 bits per heavy atom. The minimum atomic E-state index is -3.82. The summed E-state index contributed by atoms with van der Waals surface area (Å²) in [5.74, 6) is 0. The zero-order chi connectivity index (χ0) is 22.8. The largest absolute Gasteiger partial charge is 0.295 e. The zero-order valence-corrected chi connectivity index (χ0v) is 20.2. The van der Waals surface area contributed by atoms with E-state index in [0.29, 0.717) is 18.1 Å². The van der Waals surface area contributed by atoms with E-state index in [-0.39, 0.29) is 22.4 Å². The van der Waals surface area contributed by atoms with Crippen molar-refractivity contribution in [2.75, 3.05) is 32.7 Å². The summed E-state index contributed by atoms with van der Waals surface area (Å²) in [4.78, 5) is 2.40. The molecular formula is C22H28ClN3O4S2. The quantitative estimate of drug-likeness (QED) is 0.605. The molecule has 7 nitrogen and oxygen atoms in total. The van der Waals surface area contributed by atoms with Crippen LogP contribution in [0.25, 0.3) is 0 Å². The molecule has 0 aromatic heterocycles. The molecule has 2 aliphatic heterocycles. The highest BCUT2D eigenvalue weighted by Crippen LogP contribution is 2.30. The molecule has 32 heavy (non-hydrogen) atoms. The van der Waals surface area contributed by atoms with Crippen LogP contribution in [-0.2, 0) is 20.0 Å². The molecule has 0 aliphatic carbocycles. The lowest BCUT2D eigenvalue weighted by molar-refractivity contribution is 0.246. The van der Waals surface area contributed by atoms with Gasteiger partial charge in [-0.25, -0.2) is 21.6 Å².